The van der Waals surface area contributed by atoms with Crippen LogP contribution < -0.4 is 10.6 Å². The van der Waals surface area contributed by atoms with Crippen LogP contribution in [0.5, 0.6) is 0 Å². The van der Waals surface area contributed by atoms with Gasteiger partial charge in [-0.15, -0.1) is 0 Å². The summed E-state index contributed by atoms with van der Waals surface area (Å²) < 4.78 is 75.8. The van der Waals surface area contributed by atoms with Gasteiger partial charge < -0.3 is 20.4 Å². The van der Waals surface area contributed by atoms with Crippen molar-refractivity contribution in [2.45, 2.75) is 88.1 Å². The third kappa shape index (κ3) is 6.81. The summed E-state index contributed by atoms with van der Waals surface area (Å²) in [5.41, 5.74) is 2.16. The number of benzene rings is 1. The van der Waals surface area contributed by atoms with Crippen LogP contribution in [0.2, 0.25) is 0 Å². The molecular formula is C28H31F5N6O4. The number of ether oxygens (including phenoxy) is 1. The summed E-state index contributed by atoms with van der Waals surface area (Å²) in [4.78, 5) is 33.3. The quantitative estimate of drug-likeness (QED) is 0.238. The molecule has 3 saturated carbocycles. The van der Waals surface area contributed by atoms with Gasteiger partial charge >= 0.3 is 6.18 Å². The van der Waals surface area contributed by atoms with Crippen LogP contribution in [0.15, 0.2) is 22.8 Å². The van der Waals surface area contributed by atoms with Gasteiger partial charge in [-0.3, -0.25) is 9.59 Å². The summed E-state index contributed by atoms with van der Waals surface area (Å²) in [6.07, 6.45) is -3.75. The number of aromatic amines is 1. The van der Waals surface area contributed by atoms with Crippen LogP contribution >= 0.6 is 0 Å². The second-order valence-electron chi connectivity index (χ2n) is 11.9. The molecule has 232 valence electrons. The third-order valence-electron chi connectivity index (χ3n) is 8.24. The monoisotopic (exact) mass is 610 g/mol. The first-order valence-corrected chi connectivity index (χ1v) is 14.3. The minimum Gasteiger partial charge on any atom is -0.366 e. The van der Waals surface area contributed by atoms with Gasteiger partial charge in [-0.25, -0.2) is 18.4 Å². The standard InChI is InChI=1S/C28H31F5N6O4/c1-13(28(31,32)33)42-12-20(36-26(41)24-23(16-4-5-16)38-43-39-24)25-34-18-7-6-17(9-19(18)35-25)22(15-2-3-15)37-21(40)8-14-10-27(29,30)11-14/h6-7,9,13-16,20,22H,2-5,8,10-12H2,1H3,(H,34,35)(H,36,41)(H,37,40)/t13?,20-,22+/m0/s1. The average Bonchev–Trinajstić information content (AvgIpc) is 3.85. The van der Waals surface area contributed by atoms with Crippen molar-refractivity contribution >= 4 is 22.8 Å². The Morgan fingerprint density at radius 2 is 1.88 bits per heavy atom. The van der Waals surface area contributed by atoms with Crippen LogP contribution in [0.3, 0.4) is 0 Å². The fourth-order valence-electron chi connectivity index (χ4n) is 5.46. The molecule has 3 aromatic rings. The lowest BCUT2D eigenvalue weighted by atomic mass is 9.79. The number of rotatable bonds is 12. The van der Waals surface area contributed by atoms with Crippen molar-refractivity contribution in [3.63, 3.8) is 0 Å². The Morgan fingerprint density at radius 1 is 1.14 bits per heavy atom. The topological polar surface area (TPSA) is 135 Å². The molecule has 0 radical (unpaired) electrons. The second kappa shape index (κ2) is 11.1. The van der Waals surface area contributed by atoms with E-state index in [9.17, 15) is 31.5 Å². The van der Waals surface area contributed by atoms with Crippen LogP contribution in [0, 0.1) is 11.8 Å². The van der Waals surface area contributed by atoms with Gasteiger partial charge in [0.25, 0.3) is 5.91 Å². The Labute approximate surface area is 242 Å². The molecular weight excluding hydrogens is 579 g/mol. The molecule has 3 aliphatic carbocycles. The Bertz CT molecular complexity index is 1490. The SMILES string of the molecule is CC(OC[C@H](NC(=O)c1nonc1C1CC1)c1nc2ccc([C@H](NC(=O)CC3CC(F)(F)C3)C3CC3)cc2[nH]1)C(F)(F)F. The smallest absolute Gasteiger partial charge is 0.366 e. The van der Waals surface area contributed by atoms with Crippen LogP contribution in [0.4, 0.5) is 22.0 Å². The number of alkyl halides is 5. The summed E-state index contributed by atoms with van der Waals surface area (Å²) in [6.45, 7) is 0.337. The zero-order valence-electron chi connectivity index (χ0n) is 23.2. The van der Waals surface area contributed by atoms with E-state index in [0.717, 1.165) is 38.2 Å². The number of carbonyl (C=O) groups excluding carboxylic acids is 2. The highest BCUT2D eigenvalue weighted by Gasteiger charge is 2.46. The van der Waals surface area contributed by atoms with Crippen LogP contribution in [0.25, 0.3) is 11.0 Å². The highest BCUT2D eigenvalue weighted by atomic mass is 19.4. The summed E-state index contributed by atoms with van der Waals surface area (Å²) in [7, 11) is 0. The third-order valence-corrected chi connectivity index (χ3v) is 8.24. The minimum atomic E-state index is -4.60. The molecule has 0 aliphatic heterocycles. The van der Waals surface area contributed by atoms with E-state index >= 15 is 0 Å². The number of nitrogens with one attached hydrogen (secondary N) is 3. The summed E-state index contributed by atoms with van der Waals surface area (Å²) in [5.74, 6) is -3.58. The van der Waals surface area contributed by atoms with Gasteiger partial charge in [0.1, 0.15) is 17.6 Å². The van der Waals surface area contributed by atoms with Gasteiger partial charge in [0.15, 0.2) is 11.8 Å². The van der Waals surface area contributed by atoms with Gasteiger partial charge in [0.05, 0.1) is 23.7 Å². The first kappa shape index (κ1) is 29.5. The molecule has 0 saturated heterocycles. The van der Waals surface area contributed by atoms with Crippen LogP contribution in [-0.4, -0.2) is 56.9 Å². The van der Waals surface area contributed by atoms with E-state index in [2.05, 4.69) is 30.9 Å². The lowest BCUT2D eigenvalue weighted by molar-refractivity contribution is -0.215. The van der Waals surface area contributed by atoms with Gasteiger partial charge in [0.2, 0.25) is 11.8 Å². The zero-order chi connectivity index (χ0) is 30.5. The Hall–Kier alpha value is -3.62. The van der Waals surface area contributed by atoms with E-state index < -0.39 is 36.8 Å². The number of aromatic nitrogens is 4. The number of halogens is 5. The molecule has 2 aromatic heterocycles. The number of hydrogen-bond donors (Lipinski definition) is 3. The lowest BCUT2D eigenvalue weighted by Crippen LogP contribution is -2.39. The number of H-pyrrole nitrogens is 1. The van der Waals surface area contributed by atoms with E-state index in [1.54, 1.807) is 18.2 Å². The predicted molar refractivity (Wildman–Crippen MR) is 140 cm³/mol. The number of carbonyl (C=O) groups is 2. The normalized spacial score (nSPS) is 20.8. The maximum Gasteiger partial charge on any atom is 0.414 e. The van der Waals surface area contributed by atoms with Crippen molar-refractivity contribution in [3.8, 4) is 0 Å². The van der Waals surface area contributed by atoms with Crippen molar-refractivity contribution in [1.82, 2.24) is 30.9 Å². The molecule has 6 rings (SSSR count). The molecule has 15 heteroatoms. The van der Waals surface area contributed by atoms with Gasteiger partial charge in [-0.1, -0.05) is 11.2 Å². The van der Waals surface area contributed by atoms with Crippen LogP contribution in [0.1, 0.15) is 97.4 Å². The average molecular weight is 611 g/mol. The van der Waals surface area contributed by atoms with Crippen molar-refractivity contribution in [2.75, 3.05) is 6.61 Å². The molecule has 2 amide bonds. The molecule has 43 heavy (non-hydrogen) atoms. The molecule has 0 spiro atoms. The molecule has 3 fully saturated rings. The Kier molecular flexibility index (Phi) is 7.63. The van der Waals surface area contributed by atoms with Gasteiger partial charge in [-0.05, 0) is 67.3 Å². The van der Waals surface area contributed by atoms with E-state index in [1.165, 1.54) is 0 Å². The van der Waals surface area contributed by atoms with E-state index in [4.69, 9.17) is 9.37 Å². The molecule has 1 unspecified atom stereocenters. The van der Waals surface area contributed by atoms with E-state index in [-0.39, 0.29) is 60.5 Å². The van der Waals surface area contributed by atoms with Crippen molar-refractivity contribution < 1.29 is 40.9 Å². The van der Waals surface area contributed by atoms with Crippen molar-refractivity contribution in [1.29, 1.82) is 0 Å². The van der Waals surface area contributed by atoms with E-state index in [0.29, 0.717) is 16.7 Å². The number of imidazole rings is 1. The first-order chi connectivity index (χ1) is 20.4. The Balaban J connectivity index is 1.20. The van der Waals surface area contributed by atoms with Gasteiger partial charge in [0, 0.05) is 25.2 Å². The number of nitrogens with zero attached hydrogens (tertiary/aromatic N) is 3. The van der Waals surface area contributed by atoms with E-state index in [1.807, 2.05) is 0 Å². The number of amides is 2. The number of hydrogen-bond acceptors (Lipinski definition) is 7. The van der Waals surface area contributed by atoms with Gasteiger partial charge in [-0.2, -0.15) is 13.2 Å². The van der Waals surface area contributed by atoms with Crippen molar-refractivity contribution in [2.24, 2.45) is 11.8 Å². The highest BCUT2D eigenvalue weighted by Crippen LogP contribution is 2.45. The Morgan fingerprint density at radius 3 is 2.53 bits per heavy atom. The summed E-state index contributed by atoms with van der Waals surface area (Å²) in [5, 5.41) is 13.1. The molecule has 3 N–H and O–H groups in total. The largest absolute Gasteiger partial charge is 0.414 e. The zero-order valence-corrected chi connectivity index (χ0v) is 23.2. The fraction of sp³-hybridized carbons (Fsp3) is 0.607. The molecule has 3 aliphatic rings. The first-order valence-electron chi connectivity index (χ1n) is 14.3. The number of fused-ring (bicyclic) bond motifs is 1. The predicted octanol–water partition coefficient (Wildman–Crippen LogP) is 5.26. The molecule has 2 heterocycles. The summed E-state index contributed by atoms with van der Waals surface area (Å²) in [6, 6.07) is 3.88. The minimum absolute atomic E-state index is 0.0382. The molecule has 10 nitrogen and oxygen atoms in total. The van der Waals surface area contributed by atoms with Crippen LogP contribution in [-0.2, 0) is 9.53 Å². The molecule has 1 aromatic carbocycles. The lowest BCUT2D eigenvalue weighted by Gasteiger charge is -2.34. The highest BCUT2D eigenvalue weighted by molar-refractivity contribution is 5.93. The molecule has 3 atom stereocenters. The van der Waals surface area contributed by atoms with Crippen molar-refractivity contribution in [3.05, 3.63) is 41.0 Å². The molecule has 0 bridgehead atoms. The maximum absolute atomic E-state index is 13.2. The second-order valence-corrected chi connectivity index (χ2v) is 11.9. The fourth-order valence-corrected chi connectivity index (χ4v) is 5.46. The maximum atomic E-state index is 13.2. The summed E-state index contributed by atoms with van der Waals surface area (Å²) >= 11 is 0.